The number of imidazole rings is 1. The van der Waals surface area contributed by atoms with Gasteiger partial charge in [0.15, 0.2) is 5.82 Å². The van der Waals surface area contributed by atoms with Gasteiger partial charge in [0, 0.05) is 17.8 Å². The summed E-state index contributed by atoms with van der Waals surface area (Å²) in [5.41, 5.74) is 9.29. The number of hydrogen-bond acceptors (Lipinski definition) is 3. The van der Waals surface area contributed by atoms with E-state index in [4.69, 9.17) is 17.3 Å². The van der Waals surface area contributed by atoms with Gasteiger partial charge in [0.2, 0.25) is 0 Å². The number of benzene rings is 1. The second-order valence-corrected chi connectivity index (χ2v) is 5.10. The molecule has 2 N–H and O–H groups in total. The monoisotopic (exact) mass is 286 g/mol. The van der Waals surface area contributed by atoms with Crippen molar-refractivity contribution in [3.8, 4) is 11.5 Å². The molecule has 4 nitrogen and oxygen atoms in total. The Morgan fingerprint density at radius 1 is 1.30 bits per heavy atom. The molecule has 0 spiro atoms. The zero-order chi connectivity index (χ0) is 14.1. The predicted molar refractivity (Wildman–Crippen MR) is 82.7 cm³/mol. The van der Waals surface area contributed by atoms with Gasteiger partial charge in [-0.3, -0.25) is 4.98 Å². The highest BCUT2D eigenvalue weighted by Crippen LogP contribution is 2.28. The molecule has 3 rings (SSSR count). The number of anilines is 1. The number of nitrogen functional groups attached to an aromatic ring is 1. The minimum atomic E-state index is 0.631. The van der Waals surface area contributed by atoms with Gasteiger partial charge in [-0.2, -0.15) is 0 Å². The maximum atomic E-state index is 6.05. The van der Waals surface area contributed by atoms with Crippen molar-refractivity contribution in [2.75, 3.05) is 5.73 Å². The third kappa shape index (κ3) is 2.12. The first-order chi connectivity index (χ1) is 9.70. The van der Waals surface area contributed by atoms with Crippen molar-refractivity contribution in [3.63, 3.8) is 0 Å². The van der Waals surface area contributed by atoms with Crippen molar-refractivity contribution in [2.45, 2.75) is 19.9 Å². The van der Waals surface area contributed by atoms with Crippen LogP contribution < -0.4 is 5.73 Å². The van der Waals surface area contributed by atoms with Crippen LogP contribution in [0, 0.1) is 0 Å². The fourth-order valence-electron chi connectivity index (χ4n) is 2.34. The normalized spacial score (nSPS) is 11.1. The summed E-state index contributed by atoms with van der Waals surface area (Å²) in [6.45, 7) is 3.00. The zero-order valence-corrected chi connectivity index (χ0v) is 11.9. The molecule has 0 aliphatic rings. The number of halogens is 1. The molecule has 2 aromatic heterocycles. The molecule has 0 bridgehead atoms. The maximum Gasteiger partial charge on any atom is 0.161 e. The Hall–Kier alpha value is -2.07. The summed E-state index contributed by atoms with van der Waals surface area (Å²) < 4.78 is 2.14. The third-order valence-electron chi connectivity index (χ3n) is 3.21. The quantitative estimate of drug-likeness (QED) is 0.798. The summed E-state index contributed by atoms with van der Waals surface area (Å²) in [6.07, 6.45) is 2.74. The van der Waals surface area contributed by atoms with Crippen molar-refractivity contribution in [1.82, 2.24) is 14.5 Å². The SMILES string of the molecule is CCCn1c(-c2ncccc2N)nc2cc(Cl)ccc21. The first kappa shape index (κ1) is 12.9. The third-order valence-corrected chi connectivity index (χ3v) is 3.44. The van der Waals surface area contributed by atoms with Crippen molar-refractivity contribution in [1.29, 1.82) is 0 Å². The van der Waals surface area contributed by atoms with Crippen molar-refractivity contribution >= 4 is 28.3 Å². The smallest absolute Gasteiger partial charge is 0.161 e. The van der Waals surface area contributed by atoms with Crippen molar-refractivity contribution in [2.24, 2.45) is 0 Å². The molecular formula is C15H15ClN4. The molecule has 0 radical (unpaired) electrons. The van der Waals surface area contributed by atoms with Crippen LogP contribution in [0.2, 0.25) is 5.02 Å². The van der Waals surface area contributed by atoms with E-state index < -0.39 is 0 Å². The van der Waals surface area contributed by atoms with E-state index in [2.05, 4.69) is 21.5 Å². The number of hydrogen-bond donors (Lipinski definition) is 1. The molecule has 0 saturated heterocycles. The zero-order valence-electron chi connectivity index (χ0n) is 11.2. The van der Waals surface area contributed by atoms with Gasteiger partial charge in [0.05, 0.1) is 16.7 Å². The number of aryl methyl sites for hydroxylation is 1. The van der Waals surface area contributed by atoms with Crippen LogP contribution in [0.4, 0.5) is 5.69 Å². The molecule has 102 valence electrons. The van der Waals surface area contributed by atoms with E-state index in [1.165, 1.54) is 0 Å². The fraction of sp³-hybridized carbons (Fsp3) is 0.200. The van der Waals surface area contributed by atoms with Gasteiger partial charge in [0.1, 0.15) is 5.69 Å². The molecule has 0 fully saturated rings. The number of aromatic nitrogens is 3. The molecule has 5 heteroatoms. The number of nitrogens with zero attached hydrogens (tertiary/aromatic N) is 3. The Bertz CT molecular complexity index is 764. The summed E-state index contributed by atoms with van der Waals surface area (Å²) >= 11 is 6.05. The fourth-order valence-corrected chi connectivity index (χ4v) is 2.50. The van der Waals surface area contributed by atoms with E-state index in [1.807, 2.05) is 30.3 Å². The Balaban J connectivity index is 2.29. The van der Waals surface area contributed by atoms with Crippen LogP contribution >= 0.6 is 11.6 Å². The van der Waals surface area contributed by atoms with Gasteiger partial charge < -0.3 is 10.3 Å². The molecule has 1 aromatic carbocycles. The molecule has 0 atom stereocenters. The Morgan fingerprint density at radius 2 is 2.15 bits per heavy atom. The number of nitrogens with two attached hydrogens (primary N) is 1. The van der Waals surface area contributed by atoms with Crippen molar-refractivity contribution < 1.29 is 0 Å². The second-order valence-electron chi connectivity index (χ2n) is 4.66. The van der Waals surface area contributed by atoms with Crippen LogP contribution in [-0.4, -0.2) is 14.5 Å². The van der Waals surface area contributed by atoms with E-state index in [0.717, 1.165) is 29.8 Å². The molecule has 0 unspecified atom stereocenters. The molecule has 0 saturated carbocycles. The van der Waals surface area contributed by atoms with E-state index in [9.17, 15) is 0 Å². The first-order valence-corrected chi connectivity index (χ1v) is 6.95. The van der Waals surface area contributed by atoms with Crippen LogP contribution in [0.15, 0.2) is 36.5 Å². The summed E-state index contributed by atoms with van der Waals surface area (Å²) in [5.74, 6) is 0.794. The summed E-state index contributed by atoms with van der Waals surface area (Å²) in [7, 11) is 0. The number of pyridine rings is 1. The van der Waals surface area contributed by atoms with Crippen LogP contribution in [-0.2, 0) is 6.54 Å². The van der Waals surface area contributed by atoms with Gasteiger partial charge in [-0.15, -0.1) is 0 Å². The number of rotatable bonds is 3. The van der Waals surface area contributed by atoms with Gasteiger partial charge >= 0.3 is 0 Å². The van der Waals surface area contributed by atoms with Crippen LogP contribution in [0.5, 0.6) is 0 Å². The number of fused-ring (bicyclic) bond motifs is 1. The summed E-state index contributed by atoms with van der Waals surface area (Å²) in [5, 5.41) is 0.680. The van der Waals surface area contributed by atoms with Crippen molar-refractivity contribution in [3.05, 3.63) is 41.6 Å². The Morgan fingerprint density at radius 3 is 2.90 bits per heavy atom. The molecule has 3 aromatic rings. The highest BCUT2D eigenvalue weighted by molar-refractivity contribution is 6.31. The summed E-state index contributed by atoms with van der Waals surface area (Å²) in [6, 6.07) is 9.39. The molecule has 2 heterocycles. The van der Waals surface area contributed by atoms with Gasteiger partial charge in [-0.05, 0) is 36.8 Å². The second kappa shape index (κ2) is 5.13. The lowest BCUT2D eigenvalue weighted by Gasteiger charge is -2.08. The van der Waals surface area contributed by atoms with E-state index in [1.54, 1.807) is 6.20 Å². The van der Waals surface area contributed by atoms with Crippen LogP contribution in [0.3, 0.4) is 0 Å². The maximum absolute atomic E-state index is 6.05. The highest BCUT2D eigenvalue weighted by atomic mass is 35.5. The van der Waals surface area contributed by atoms with Crippen LogP contribution in [0.1, 0.15) is 13.3 Å². The lowest BCUT2D eigenvalue weighted by molar-refractivity contribution is 0.703. The minimum Gasteiger partial charge on any atom is -0.397 e. The van der Waals surface area contributed by atoms with E-state index in [0.29, 0.717) is 16.4 Å². The summed E-state index contributed by atoms with van der Waals surface area (Å²) in [4.78, 5) is 9.03. The van der Waals surface area contributed by atoms with Crippen LogP contribution in [0.25, 0.3) is 22.6 Å². The molecule has 20 heavy (non-hydrogen) atoms. The molecule has 0 amide bonds. The molecular weight excluding hydrogens is 272 g/mol. The standard InChI is InChI=1S/C15H15ClN4/c1-2-8-20-13-6-5-10(16)9-12(13)19-15(20)14-11(17)4-3-7-18-14/h3-7,9H,2,8,17H2,1H3. The highest BCUT2D eigenvalue weighted by Gasteiger charge is 2.15. The van der Waals surface area contributed by atoms with E-state index >= 15 is 0 Å². The lowest BCUT2D eigenvalue weighted by atomic mass is 10.3. The first-order valence-electron chi connectivity index (χ1n) is 6.57. The minimum absolute atomic E-state index is 0.631. The van der Waals surface area contributed by atoms with Gasteiger partial charge in [-0.1, -0.05) is 18.5 Å². The largest absolute Gasteiger partial charge is 0.397 e. The Labute approximate surface area is 122 Å². The average molecular weight is 287 g/mol. The molecule has 0 aliphatic carbocycles. The average Bonchev–Trinajstić information content (AvgIpc) is 2.77. The Kier molecular flexibility index (Phi) is 3.32. The topological polar surface area (TPSA) is 56.7 Å². The predicted octanol–water partition coefficient (Wildman–Crippen LogP) is 3.74. The molecule has 0 aliphatic heterocycles. The van der Waals surface area contributed by atoms with Gasteiger partial charge in [-0.25, -0.2) is 4.98 Å². The lowest BCUT2D eigenvalue weighted by Crippen LogP contribution is -2.03. The van der Waals surface area contributed by atoms with Gasteiger partial charge in [0.25, 0.3) is 0 Å². The van der Waals surface area contributed by atoms with E-state index in [-0.39, 0.29) is 0 Å².